The number of H-pyrrole nitrogens is 1. The molecule has 1 amide bonds. The van der Waals surface area contributed by atoms with Crippen LogP contribution in [-0.2, 0) is 23.9 Å². The number of aromatic hydroxyl groups is 4. The zero-order valence-electron chi connectivity index (χ0n) is 18.2. The van der Waals surface area contributed by atoms with Crippen LogP contribution in [-0.4, -0.2) is 65.0 Å². The maximum Gasteiger partial charge on any atom is 0.331 e. The fourth-order valence-corrected chi connectivity index (χ4v) is 2.75. The van der Waals surface area contributed by atoms with E-state index in [1.165, 1.54) is 48.6 Å². The molecule has 1 aromatic heterocycles. The van der Waals surface area contributed by atoms with Crippen molar-refractivity contribution in [1.29, 1.82) is 0 Å². The van der Waals surface area contributed by atoms with Crippen LogP contribution in [0.25, 0.3) is 12.2 Å². The Hall–Kier alpha value is -5.40. The van der Waals surface area contributed by atoms with Crippen LogP contribution in [0.15, 0.2) is 48.6 Å². The highest BCUT2D eigenvalue weighted by Crippen LogP contribution is 2.27. The number of primary amides is 1. The maximum atomic E-state index is 12.4. The van der Waals surface area contributed by atoms with E-state index in [0.717, 1.165) is 12.2 Å². The van der Waals surface area contributed by atoms with Crippen LogP contribution >= 0.6 is 0 Å². The molecule has 0 aliphatic carbocycles. The Morgan fingerprint density at radius 1 is 0.833 bits per heavy atom. The van der Waals surface area contributed by atoms with Crippen LogP contribution < -0.4 is 5.73 Å². The first-order valence-electron chi connectivity index (χ1n) is 9.98. The van der Waals surface area contributed by atoms with Crippen molar-refractivity contribution < 1.29 is 44.3 Å². The van der Waals surface area contributed by atoms with Gasteiger partial charge in [0.25, 0.3) is 5.91 Å². The van der Waals surface area contributed by atoms with Gasteiger partial charge in [0.05, 0.1) is 0 Å². The number of esters is 2. The lowest BCUT2D eigenvalue weighted by molar-refractivity contribution is -0.167. The van der Waals surface area contributed by atoms with Crippen molar-refractivity contribution in [2.45, 2.75) is 12.2 Å². The molecule has 36 heavy (non-hydrogen) atoms. The average Bonchev–Trinajstić information content (AvgIpc) is 3.37. The van der Waals surface area contributed by atoms with Gasteiger partial charge in [-0.1, -0.05) is 17.3 Å². The fraction of sp³-hybridized carbons (Fsp3) is 0.0909. The number of nitrogens with one attached hydrogen (secondary N) is 1. The first-order chi connectivity index (χ1) is 17.1. The van der Waals surface area contributed by atoms with Gasteiger partial charge >= 0.3 is 11.9 Å². The highest BCUT2D eigenvalue weighted by Gasteiger charge is 2.37. The molecule has 14 nitrogen and oxygen atoms in total. The normalized spacial score (nSPS) is 12.9. The zero-order chi connectivity index (χ0) is 26.2. The second kappa shape index (κ2) is 11.1. The lowest BCUT2D eigenvalue weighted by Gasteiger charge is -2.21. The Kier molecular flexibility index (Phi) is 7.81. The van der Waals surface area contributed by atoms with E-state index in [0.29, 0.717) is 11.1 Å². The van der Waals surface area contributed by atoms with Crippen LogP contribution in [0.3, 0.4) is 0 Å². The van der Waals surface area contributed by atoms with Crippen molar-refractivity contribution in [3.8, 4) is 23.0 Å². The Bertz CT molecular complexity index is 1320. The zero-order valence-corrected chi connectivity index (χ0v) is 18.2. The highest BCUT2D eigenvalue weighted by atomic mass is 16.6. The molecule has 2 aromatic carbocycles. The third-order valence-corrected chi connectivity index (χ3v) is 4.48. The molecule has 0 fully saturated rings. The van der Waals surface area contributed by atoms with Crippen LogP contribution in [0.2, 0.25) is 0 Å². The summed E-state index contributed by atoms with van der Waals surface area (Å²) in [5, 5.41) is 50.5. The van der Waals surface area contributed by atoms with Crippen molar-refractivity contribution in [2.75, 3.05) is 0 Å². The van der Waals surface area contributed by atoms with E-state index in [9.17, 15) is 34.8 Å². The van der Waals surface area contributed by atoms with E-state index in [4.69, 9.17) is 15.2 Å². The number of tetrazole rings is 1. The molecule has 7 N–H and O–H groups in total. The van der Waals surface area contributed by atoms with Gasteiger partial charge in [-0.05, 0) is 47.5 Å². The predicted molar refractivity (Wildman–Crippen MR) is 120 cm³/mol. The molecule has 0 saturated carbocycles. The van der Waals surface area contributed by atoms with Gasteiger partial charge in [-0.2, -0.15) is 5.21 Å². The minimum absolute atomic E-state index is 0.317. The molecule has 14 heteroatoms. The molecule has 0 bridgehead atoms. The van der Waals surface area contributed by atoms with Gasteiger partial charge in [0, 0.05) is 12.2 Å². The van der Waals surface area contributed by atoms with Crippen LogP contribution in [0.5, 0.6) is 23.0 Å². The van der Waals surface area contributed by atoms with E-state index in [2.05, 4.69) is 20.6 Å². The van der Waals surface area contributed by atoms with Crippen LogP contribution in [0.4, 0.5) is 0 Å². The minimum atomic E-state index is -1.86. The molecule has 3 rings (SSSR count). The first-order valence-corrected chi connectivity index (χ1v) is 9.98. The van der Waals surface area contributed by atoms with Crippen LogP contribution in [0.1, 0.15) is 23.1 Å². The topological polar surface area (TPSA) is 231 Å². The Morgan fingerprint density at radius 2 is 1.36 bits per heavy atom. The van der Waals surface area contributed by atoms with Crippen molar-refractivity contribution in [3.05, 3.63) is 65.5 Å². The molecule has 1 heterocycles. The number of hydrogen-bond acceptors (Lipinski definition) is 12. The van der Waals surface area contributed by atoms with E-state index < -0.39 is 41.6 Å². The molecular formula is C22H19N5O9. The van der Waals surface area contributed by atoms with Gasteiger partial charge in [-0.3, -0.25) is 4.79 Å². The number of nitrogens with two attached hydrogens (primary N) is 1. The summed E-state index contributed by atoms with van der Waals surface area (Å²) < 4.78 is 10.3. The molecule has 3 aromatic rings. The molecule has 2 atom stereocenters. The summed E-state index contributed by atoms with van der Waals surface area (Å²) in [6, 6.07) is 7.57. The Labute approximate surface area is 201 Å². The quantitative estimate of drug-likeness (QED) is 0.134. The van der Waals surface area contributed by atoms with Gasteiger partial charge in [0.1, 0.15) is 0 Å². The van der Waals surface area contributed by atoms with E-state index in [1.54, 1.807) is 0 Å². The number of aromatic amines is 1. The van der Waals surface area contributed by atoms with Gasteiger partial charge in [0.15, 0.2) is 23.0 Å². The largest absolute Gasteiger partial charge is 0.504 e. The summed E-state index contributed by atoms with van der Waals surface area (Å²) in [5.74, 6) is -5.12. The number of carbonyl (C=O) groups is 3. The summed E-state index contributed by atoms with van der Waals surface area (Å²) in [5.41, 5.74) is 6.02. The maximum absolute atomic E-state index is 12.4. The minimum Gasteiger partial charge on any atom is -0.504 e. The standard InChI is InChI=1S/C22H19N5O9/c23-21(34)19(35-17(32)7-3-11-1-5-13(28)15(30)9-11)20(22-24-26-27-25-22)36-18(33)8-4-12-2-6-14(29)16(31)10-12/h1-10,19-20,28-31H,(H2,23,34)(H,24,25,26,27)/b7-3+,8-4+/t19-,20-/m1/s1. The van der Waals surface area contributed by atoms with Crippen molar-refractivity contribution >= 4 is 30.0 Å². The van der Waals surface area contributed by atoms with Crippen molar-refractivity contribution in [2.24, 2.45) is 5.73 Å². The van der Waals surface area contributed by atoms with Crippen LogP contribution in [0, 0.1) is 0 Å². The van der Waals surface area contributed by atoms with Gasteiger partial charge < -0.3 is 35.6 Å². The monoisotopic (exact) mass is 497 g/mol. The lowest BCUT2D eigenvalue weighted by atomic mass is 10.1. The number of ether oxygens (including phenoxy) is 2. The van der Waals surface area contributed by atoms with Gasteiger partial charge in [-0.15, -0.1) is 10.2 Å². The number of rotatable bonds is 9. The number of nitrogens with zero attached hydrogens (tertiary/aromatic N) is 3. The molecule has 0 unspecified atom stereocenters. The second-order valence-electron chi connectivity index (χ2n) is 7.05. The summed E-state index contributed by atoms with van der Waals surface area (Å²) in [6.45, 7) is 0. The highest BCUT2D eigenvalue weighted by molar-refractivity contribution is 5.91. The number of hydrogen-bond donors (Lipinski definition) is 6. The van der Waals surface area contributed by atoms with Crippen molar-refractivity contribution in [1.82, 2.24) is 20.6 Å². The summed E-state index contributed by atoms with van der Waals surface area (Å²) in [6.07, 6.45) is 0.787. The van der Waals surface area contributed by atoms with Gasteiger partial charge in [-0.25, -0.2) is 9.59 Å². The molecule has 0 saturated heterocycles. The lowest BCUT2D eigenvalue weighted by Crippen LogP contribution is -2.40. The number of phenols is 4. The average molecular weight is 497 g/mol. The Balaban J connectivity index is 1.76. The smallest absolute Gasteiger partial charge is 0.331 e. The molecule has 0 radical (unpaired) electrons. The number of carbonyl (C=O) groups excluding carboxylic acids is 3. The number of aromatic nitrogens is 4. The predicted octanol–water partition coefficient (Wildman–Crippen LogP) is 0.430. The Morgan fingerprint density at radius 3 is 1.81 bits per heavy atom. The molecule has 0 aliphatic heterocycles. The van der Waals surface area contributed by atoms with E-state index in [1.807, 2.05) is 0 Å². The molecule has 186 valence electrons. The number of phenolic OH excluding ortho intramolecular Hbond substituents is 4. The molecule has 0 aliphatic rings. The SMILES string of the molecule is NC(=O)[C@H](OC(=O)/C=C/c1ccc(O)c(O)c1)[C@@H](OC(=O)/C=C/c1ccc(O)c(O)c1)c1nn[nH]n1. The summed E-state index contributed by atoms with van der Waals surface area (Å²) >= 11 is 0. The third-order valence-electron chi connectivity index (χ3n) is 4.48. The summed E-state index contributed by atoms with van der Waals surface area (Å²) in [4.78, 5) is 36.8. The van der Waals surface area contributed by atoms with E-state index in [-0.39, 0.29) is 17.3 Å². The number of benzene rings is 2. The molecule has 0 spiro atoms. The summed E-state index contributed by atoms with van der Waals surface area (Å²) in [7, 11) is 0. The number of amides is 1. The second-order valence-corrected chi connectivity index (χ2v) is 7.05. The van der Waals surface area contributed by atoms with Crippen molar-refractivity contribution in [3.63, 3.8) is 0 Å². The first kappa shape index (κ1) is 25.2. The third kappa shape index (κ3) is 6.57. The fourth-order valence-electron chi connectivity index (χ4n) is 2.75. The van der Waals surface area contributed by atoms with E-state index >= 15 is 0 Å². The molecular weight excluding hydrogens is 478 g/mol. The van der Waals surface area contributed by atoms with Gasteiger partial charge in [0.2, 0.25) is 18.0 Å².